The van der Waals surface area contributed by atoms with Crippen LogP contribution in [0.2, 0.25) is 0 Å². The highest BCUT2D eigenvalue weighted by molar-refractivity contribution is 6.39. The van der Waals surface area contributed by atoms with Crippen LogP contribution in [0.4, 0.5) is 5.69 Å². The van der Waals surface area contributed by atoms with E-state index in [0.29, 0.717) is 12.2 Å². The summed E-state index contributed by atoms with van der Waals surface area (Å²) < 4.78 is 0. The van der Waals surface area contributed by atoms with Crippen LogP contribution in [-0.4, -0.2) is 18.4 Å². The predicted octanol–water partition coefficient (Wildman–Crippen LogP) is 2.16. The normalized spacial score (nSPS) is 9.94. The van der Waals surface area contributed by atoms with Gasteiger partial charge in [0.25, 0.3) is 0 Å². The number of hydrogen-bond acceptors (Lipinski definition) is 2. The number of rotatable bonds is 4. The number of anilines is 1. The molecular weight excluding hydrogens is 228 g/mol. The first kappa shape index (κ1) is 14.2. The number of aryl methyl sites for hydroxylation is 2. The quantitative estimate of drug-likeness (QED) is 0.633. The molecule has 0 radical (unpaired) electrons. The third-order valence-corrected chi connectivity index (χ3v) is 2.74. The first-order chi connectivity index (χ1) is 8.56. The summed E-state index contributed by atoms with van der Waals surface area (Å²) in [4.78, 5) is 23.2. The summed E-state index contributed by atoms with van der Waals surface area (Å²) >= 11 is 0. The van der Waals surface area contributed by atoms with Crippen molar-refractivity contribution >= 4 is 17.5 Å². The van der Waals surface area contributed by atoms with E-state index in [1.165, 1.54) is 0 Å². The number of para-hydroxylation sites is 1. The van der Waals surface area contributed by atoms with Gasteiger partial charge in [-0.3, -0.25) is 9.59 Å². The van der Waals surface area contributed by atoms with E-state index < -0.39 is 11.8 Å². The molecule has 0 saturated carbocycles. The maximum atomic E-state index is 11.7. The Labute approximate surface area is 108 Å². The Kier molecular flexibility index (Phi) is 5.36. The van der Waals surface area contributed by atoms with Gasteiger partial charge in [-0.05, 0) is 31.4 Å². The number of amides is 2. The van der Waals surface area contributed by atoms with Crippen LogP contribution in [0.5, 0.6) is 0 Å². The van der Waals surface area contributed by atoms with Crippen molar-refractivity contribution < 1.29 is 9.59 Å². The fourth-order valence-corrected chi connectivity index (χ4v) is 1.64. The minimum atomic E-state index is -0.608. The Morgan fingerprint density at radius 3 is 2.28 bits per heavy atom. The van der Waals surface area contributed by atoms with E-state index >= 15 is 0 Å². The summed E-state index contributed by atoms with van der Waals surface area (Å²) in [5.74, 6) is -1.19. The molecule has 0 spiro atoms. The molecule has 2 N–H and O–H groups in total. The number of hydrogen-bond donors (Lipinski definition) is 2. The van der Waals surface area contributed by atoms with Crippen LogP contribution in [0.1, 0.15) is 30.9 Å². The van der Waals surface area contributed by atoms with Crippen molar-refractivity contribution in [3.63, 3.8) is 0 Å². The summed E-state index contributed by atoms with van der Waals surface area (Å²) in [6, 6.07) is 5.72. The first-order valence-electron chi connectivity index (χ1n) is 6.21. The molecular formula is C14H20N2O2. The molecule has 98 valence electrons. The van der Waals surface area contributed by atoms with Crippen LogP contribution < -0.4 is 10.6 Å². The van der Waals surface area contributed by atoms with Crippen molar-refractivity contribution in [3.05, 3.63) is 29.3 Å². The van der Waals surface area contributed by atoms with Crippen LogP contribution in [-0.2, 0) is 9.59 Å². The molecule has 18 heavy (non-hydrogen) atoms. The summed E-state index contributed by atoms with van der Waals surface area (Å²) in [6.07, 6.45) is 1.86. The van der Waals surface area contributed by atoms with Crippen LogP contribution in [0, 0.1) is 13.8 Å². The largest absolute Gasteiger partial charge is 0.348 e. The Hall–Kier alpha value is -1.84. The van der Waals surface area contributed by atoms with E-state index in [0.717, 1.165) is 24.0 Å². The van der Waals surface area contributed by atoms with Gasteiger partial charge in [-0.1, -0.05) is 31.5 Å². The van der Waals surface area contributed by atoms with Gasteiger partial charge in [0.2, 0.25) is 0 Å². The van der Waals surface area contributed by atoms with Gasteiger partial charge in [0, 0.05) is 12.2 Å². The molecule has 0 aliphatic carbocycles. The van der Waals surface area contributed by atoms with E-state index in [9.17, 15) is 9.59 Å². The number of carbonyl (C=O) groups excluding carboxylic acids is 2. The monoisotopic (exact) mass is 248 g/mol. The van der Waals surface area contributed by atoms with Crippen LogP contribution in [0.25, 0.3) is 0 Å². The molecule has 0 fully saturated rings. The minimum Gasteiger partial charge on any atom is -0.348 e. The molecule has 4 heteroatoms. The second-order valence-corrected chi connectivity index (χ2v) is 4.33. The second-order valence-electron chi connectivity index (χ2n) is 4.33. The van der Waals surface area contributed by atoms with Gasteiger partial charge in [-0.2, -0.15) is 0 Å². The summed E-state index contributed by atoms with van der Waals surface area (Å²) in [7, 11) is 0. The topological polar surface area (TPSA) is 58.2 Å². The SMILES string of the molecule is CCCCNC(=O)C(=O)Nc1c(C)cccc1C. The fourth-order valence-electron chi connectivity index (χ4n) is 1.64. The lowest BCUT2D eigenvalue weighted by molar-refractivity contribution is -0.136. The molecule has 0 heterocycles. The number of unbranched alkanes of at least 4 members (excludes halogenated alkanes) is 1. The fraction of sp³-hybridized carbons (Fsp3) is 0.429. The molecule has 0 aromatic heterocycles. The van der Waals surface area contributed by atoms with Crippen molar-refractivity contribution in [1.82, 2.24) is 5.32 Å². The lowest BCUT2D eigenvalue weighted by atomic mass is 10.1. The van der Waals surface area contributed by atoms with E-state index in [2.05, 4.69) is 10.6 Å². The zero-order chi connectivity index (χ0) is 13.5. The van der Waals surface area contributed by atoms with Gasteiger partial charge < -0.3 is 10.6 Å². The van der Waals surface area contributed by atoms with Crippen molar-refractivity contribution in [1.29, 1.82) is 0 Å². The zero-order valence-corrected chi connectivity index (χ0v) is 11.2. The minimum absolute atomic E-state index is 0.537. The molecule has 0 aliphatic heterocycles. The predicted molar refractivity (Wildman–Crippen MR) is 72.5 cm³/mol. The van der Waals surface area contributed by atoms with E-state index in [1.807, 2.05) is 39.0 Å². The van der Waals surface area contributed by atoms with Crippen molar-refractivity contribution in [2.45, 2.75) is 33.6 Å². The molecule has 0 bridgehead atoms. The average Bonchev–Trinajstić information content (AvgIpc) is 2.34. The van der Waals surface area contributed by atoms with Gasteiger partial charge in [0.05, 0.1) is 0 Å². The molecule has 1 aromatic rings. The van der Waals surface area contributed by atoms with Crippen molar-refractivity contribution in [2.24, 2.45) is 0 Å². The molecule has 1 rings (SSSR count). The van der Waals surface area contributed by atoms with Gasteiger partial charge in [-0.15, -0.1) is 0 Å². The standard InChI is InChI=1S/C14H20N2O2/c1-4-5-9-15-13(17)14(18)16-12-10(2)7-6-8-11(12)3/h6-8H,4-5,9H2,1-3H3,(H,15,17)(H,16,18). The van der Waals surface area contributed by atoms with E-state index in [-0.39, 0.29) is 0 Å². The molecule has 0 unspecified atom stereocenters. The second kappa shape index (κ2) is 6.79. The van der Waals surface area contributed by atoms with Crippen molar-refractivity contribution in [3.8, 4) is 0 Å². The van der Waals surface area contributed by atoms with E-state index in [1.54, 1.807) is 0 Å². The Balaban J connectivity index is 2.61. The molecule has 0 aliphatic rings. The maximum Gasteiger partial charge on any atom is 0.313 e. The highest BCUT2D eigenvalue weighted by Gasteiger charge is 2.14. The van der Waals surface area contributed by atoms with Gasteiger partial charge in [-0.25, -0.2) is 0 Å². The highest BCUT2D eigenvalue weighted by Crippen LogP contribution is 2.18. The van der Waals surface area contributed by atoms with Crippen molar-refractivity contribution in [2.75, 3.05) is 11.9 Å². The lowest BCUT2D eigenvalue weighted by Gasteiger charge is -2.11. The smallest absolute Gasteiger partial charge is 0.313 e. The number of benzene rings is 1. The maximum absolute atomic E-state index is 11.7. The Morgan fingerprint density at radius 2 is 1.72 bits per heavy atom. The Bertz CT molecular complexity index is 421. The summed E-state index contributed by atoms with van der Waals surface area (Å²) in [6.45, 7) is 6.37. The number of nitrogens with one attached hydrogen (secondary N) is 2. The van der Waals surface area contributed by atoms with Gasteiger partial charge in [0.15, 0.2) is 0 Å². The third kappa shape index (κ3) is 3.87. The molecule has 0 atom stereocenters. The van der Waals surface area contributed by atoms with Gasteiger partial charge >= 0.3 is 11.8 Å². The molecule has 1 aromatic carbocycles. The van der Waals surface area contributed by atoms with Crippen LogP contribution in [0.15, 0.2) is 18.2 Å². The summed E-state index contributed by atoms with van der Waals surface area (Å²) in [5.41, 5.74) is 2.61. The lowest BCUT2D eigenvalue weighted by Crippen LogP contribution is -2.36. The van der Waals surface area contributed by atoms with E-state index in [4.69, 9.17) is 0 Å². The third-order valence-electron chi connectivity index (χ3n) is 2.74. The van der Waals surface area contributed by atoms with Gasteiger partial charge in [0.1, 0.15) is 0 Å². The Morgan fingerprint density at radius 1 is 1.11 bits per heavy atom. The van der Waals surface area contributed by atoms with Crippen LogP contribution in [0.3, 0.4) is 0 Å². The average molecular weight is 248 g/mol. The summed E-state index contributed by atoms with van der Waals surface area (Å²) in [5, 5.41) is 5.25. The zero-order valence-electron chi connectivity index (χ0n) is 11.2. The van der Waals surface area contributed by atoms with Crippen LogP contribution >= 0.6 is 0 Å². The molecule has 4 nitrogen and oxygen atoms in total. The first-order valence-corrected chi connectivity index (χ1v) is 6.21. The molecule has 0 saturated heterocycles. The molecule has 2 amide bonds. The highest BCUT2D eigenvalue weighted by atomic mass is 16.2. The number of carbonyl (C=O) groups is 2.